The van der Waals surface area contributed by atoms with Crippen molar-refractivity contribution in [1.82, 2.24) is 0 Å². The average Bonchev–Trinajstić information content (AvgIpc) is 1.79. The van der Waals surface area contributed by atoms with Crippen molar-refractivity contribution in [3.8, 4) is 0 Å². The molecular formula is C8H19IOSi. The molecule has 68 valence electrons. The summed E-state index contributed by atoms with van der Waals surface area (Å²) in [5, 5.41) is 0. The lowest BCUT2D eigenvalue weighted by Gasteiger charge is -2.31. The van der Waals surface area contributed by atoms with E-state index in [1.807, 2.05) is 0 Å². The van der Waals surface area contributed by atoms with Gasteiger partial charge in [0.15, 0.2) is 9.04 Å². The predicted octanol–water partition coefficient (Wildman–Crippen LogP) is 2.84. The molecule has 0 aromatic carbocycles. The third-order valence-corrected chi connectivity index (χ3v) is 3.22. The molecule has 0 rings (SSSR count). The Morgan fingerprint density at radius 3 is 1.91 bits per heavy atom. The van der Waals surface area contributed by atoms with Crippen LogP contribution in [-0.2, 0) is 4.43 Å². The van der Waals surface area contributed by atoms with Crippen molar-refractivity contribution in [2.45, 2.75) is 40.0 Å². The van der Waals surface area contributed by atoms with Crippen molar-refractivity contribution in [2.75, 3.05) is 4.43 Å². The lowest BCUT2D eigenvalue weighted by molar-refractivity contribution is 0.110. The maximum atomic E-state index is 5.90. The van der Waals surface area contributed by atoms with Crippen LogP contribution in [0.3, 0.4) is 0 Å². The zero-order valence-electron chi connectivity index (χ0n) is 8.15. The molecule has 0 N–H and O–H groups in total. The van der Waals surface area contributed by atoms with Crippen molar-refractivity contribution in [2.24, 2.45) is 5.41 Å². The molecule has 0 heterocycles. The van der Waals surface area contributed by atoms with Gasteiger partial charge in [-0.05, 0) is 18.5 Å². The second kappa shape index (κ2) is 4.82. The fraction of sp³-hybridized carbons (Fsp3) is 1.00. The minimum atomic E-state index is -0.851. The lowest BCUT2D eigenvalue weighted by Crippen LogP contribution is -2.34. The van der Waals surface area contributed by atoms with E-state index in [9.17, 15) is 0 Å². The average molecular weight is 286 g/mol. The van der Waals surface area contributed by atoms with Gasteiger partial charge in [0, 0.05) is 4.43 Å². The molecule has 0 saturated heterocycles. The SMILES string of the molecule is C[SiH](C)OC(CI)C(C)(C)C. The fourth-order valence-corrected chi connectivity index (χ4v) is 3.88. The highest BCUT2D eigenvalue weighted by atomic mass is 127. The maximum Gasteiger partial charge on any atom is 0.171 e. The fourth-order valence-electron chi connectivity index (χ4n) is 0.800. The zero-order chi connectivity index (χ0) is 9.07. The van der Waals surface area contributed by atoms with Crippen LogP contribution in [0.25, 0.3) is 0 Å². The van der Waals surface area contributed by atoms with Gasteiger partial charge in [-0.25, -0.2) is 0 Å². The molecule has 1 nitrogen and oxygen atoms in total. The van der Waals surface area contributed by atoms with Gasteiger partial charge in [-0.2, -0.15) is 0 Å². The Balaban J connectivity index is 3.96. The monoisotopic (exact) mass is 286 g/mol. The van der Waals surface area contributed by atoms with E-state index in [1.165, 1.54) is 0 Å². The summed E-state index contributed by atoms with van der Waals surface area (Å²) in [4.78, 5) is 0. The lowest BCUT2D eigenvalue weighted by atomic mass is 9.91. The highest BCUT2D eigenvalue weighted by Gasteiger charge is 2.24. The maximum absolute atomic E-state index is 5.90. The van der Waals surface area contributed by atoms with Gasteiger partial charge in [0.05, 0.1) is 6.10 Å². The Hall–Kier alpha value is 0.907. The Morgan fingerprint density at radius 1 is 1.36 bits per heavy atom. The van der Waals surface area contributed by atoms with Gasteiger partial charge in [-0.1, -0.05) is 43.4 Å². The first-order valence-electron chi connectivity index (χ1n) is 4.09. The van der Waals surface area contributed by atoms with E-state index in [-0.39, 0.29) is 0 Å². The summed E-state index contributed by atoms with van der Waals surface area (Å²) in [5.41, 5.74) is 0.304. The first-order valence-corrected chi connectivity index (χ1v) is 8.40. The van der Waals surface area contributed by atoms with Crippen LogP contribution in [0.4, 0.5) is 0 Å². The van der Waals surface area contributed by atoms with E-state index in [0.29, 0.717) is 11.5 Å². The van der Waals surface area contributed by atoms with Crippen molar-refractivity contribution in [3.63, 3.8) is 0 Å². The second-order valence-corrected chi connectivity index (χ2v) is 7.44. The first-order chi connectivity index (χ1) is 4.88. The van der Waals surface area contributed by atoms with Gasteiger partial charge >= 0.3 is 0 Å². The second-order valence-electron chi connectivity index (χ2n) is 4.19. The number of halogens is 1. The van der Waals surface area contributed by atoms with Crippen molar-refractivity contribution in [3.05, 3.63) is 0 Å². The summed E-state index contributed by atoms with van der Waals surface area (Å²) >= 11 is 2.41. The largest absolute Gasteiger partial charge is 0.416 e. The minimum Gasteiger partial charge on any atom is -0.416 e. The van der Waals surface area contributed by atoms with Crippen molar-refractivity contribution in [1.29, 1.82) is 0 Å². The molecule has 0 aromatic heterocycles. The number of hydrogen-bond acceptors (Lipinski definition) is 1. The minimum absolute atomic E-state index is 0.304. The topological polar surface area (TPSA) is 9.23 Å². The van der Waals surface area contributed by atoms with E-state index < -0.39 is 9.04 Å². The molecule has 3 heteroatoms. The molecule has 0 aliphatic carbocycles. The molecule has 0 spiro atoms. The molecule has 1 atom stereocenters. The van der Waals surface area contributed by atoms with Gasteiger partial charge in [-0.15, -0.1) is 0 Å². The summed E-state index contributed by atoms with van der Waals surface area (Å²) in [7, 11) is -0.851. The first kappa shape index (κ1) is 11.9. The summed E-state index contributed by atoms with van der Waals surface area (Å²) < 4.78 is 7.00. The predicted molar refractivity (Wildman–Crippen MR) is 62.1 cm³/mol. The highest BCUT2D eigenvalue weighted by Crippen LogP contribution is 2.24. The molecule has 0 aromatic rings. The van der Waals surface area contributed by atoms with Crippen LogP contribution in [0.2, 0.25) is 13.1 Å². The molecule has 0 aliphatic rings. The smallest absolute Gasteiger partial charge is 0.171 e. The van der Waals surface area contributed by atoms with Gasteiger partial charge in [0.2, 0.25) is 0 Å². The molecule has 0 radical (unpaired) electrons. The number of rotatable bonds is 3. The van der Waals surface area contributed by atoms with Crippen LogP contribution in [0.1, 0.15) is 20.8 Å². The highest BCUT2D eigenvalue weighted by molar-refractivity contribution is 14.1. The quantitative estimate of drug-likeness (QED) is 0.440. The Morgan fingerprint density at radius 2 is 1.82 bits per heavy atom. The summed E-state index contributed by atoms with van der Waals surface area (Å²) in [6, 6.07) is 0. The van der Waals surface area contributed by atoms with E-state index >= 15 is 0 Å². The van der Waals surface area contributed by atoms with Gasteiger partial charge in [-0.3, -0.25) is 0 Å². The van der Waals surface area contributed by atoms with E-state index in [4.69, 9.17) is 4.43 Å². The molecule has 0 fully saturated rings. The molecule has 11 heavy (non-hydrogen) atoms. The molecule has 0 amide bonds. The molecule has 1 unspecified atom stereocenters. The van der Waals surface area contributed by atoms with Gasteiger partial charge < -0.3 is 4.43 Å². The molecule has 0 saturated carbocycles. The third kappa shape index (κ3) is 5.19. The van der Waals surface area contributed by atoms with Gasteiger partial charge in [0.1, 0.15) is 0 Å². The van der Waals surface area contributed by atoms with E-state index in [0.717, 1.165) is 4.43 Å². The van der Waals surface area contributed by atoms with Gasteiger partial charge in [0.25, 0.3) is 0 Å². The van der Waals surface area contributed by atoms with Crippen molar-refractivity contribution >= 4 is 31.6 Å². The van der Waals surface area contributed by atoms with Crippen LogP contribution >= 0.6 is 22.6 Å². The van der Waals surface area contributed by atoms with Crippen LogP contribution in [0.15, 0.2) is 0 Å². The molecule has 0 bridgehead atoms. The summed E-state index contributed by atoms with van der Waals surface area (Å²) in [6.45, 7) is 11.2. The number of alkyl halides is 1. The molecule has 0 aliphatic heterocycles. The molecular weight excluding hydrogens is 267 g/mol. The Kier molecular flexibility index (Phi) is 5.21. The van der Waals surface area contributed by atoms with Crippen LogP contribution in [0, 0.1) is 5.41 Å². The van der Waals surface area contributed by atoms with Crippen LogP contribution < -0.4 is 0 Å². The summed E-state index contributed by atoms with van der Waals surface area (Å²) in [5.74, 6) is 0. The third-order valence-electron chi connectivity index (χ3n) is 1.54. The number of hydrogen-bond donors (Lipinski definition) is 0. The standard InChI is InChI=1S/C8H19IOSi/c1-8(2,3)7(6-9)10-11(4)5/h7,11H,6H2,1-5H3. The van der Waals surface area contributed by atoms with Crippen LogP contribution in [-0.4, -0.2) is 19.6 Å². The normalized spacial score (nSPS) is 15.5. The zero-order valence-corrected chi connectivity index (χ0v) is 11.5. The van der Waals surface area contributed by atoms with E-state index in [1.54, 1.807) is 0 Å². The van der Waals surface area contributed by atoms with E-state index in [2.05, 4.69) is 56.5 Å². The van der Waals surface area contributed by atoms with Crippen molar-refractivity contribution < 1.29 is 4.43 Å². The summed E-state index contributed by atoms with van der Waals surface area (Å²) in [6.07, 6.45) is 0.440. The Bertz CT molecular complexity index is 109. The van der Waals surface area contributed by atoms with Crippen LogP contribution in [0.5, 0.6) is 0 Å². The Labute approximate surface area is 85.8 Å².